The van der Waals surface area contributed by atoms with Gasteiger partial charge in [0.15, 0.2) is 11.0 Å². The van der Waals surface area contributed by atoms with Crippen molar-refractivity contribution in [3.05, 3.63) is 46.6 Å². The highest BCUT2D eigenvalue weighted by Crippen LogP contribution is 2.41. The zero-order chi connectivity index (χ0) is 18.1. The fourth-order valence-corrected chi connectivity index (χ4v) is 4.20. The molecule has 2 aromatic heterocycles. The number of carbonyl (C=O) groups excluding carboxylic acids is 1. The summed E-state index contributed by atoms with van der Waals surface area (Å²) in [5.74, 6) is 0.112. The minimum Gasteiger partial charge on any atom is -0.323 e. The van der Waals surface area contributed by atoms with Crippen molar-refractivity contribution in [3.63, 3.8) is 0 Å². The first-order valence-corrected chi connectivity index (χ1v) is 10.2. The van der Waals surface area contributed by atoms with Crippen LogP contribution < -0.4 is 5.32 Å². The molecule has 1 aliphatic carbocycles. The Labute approximate surface area is 162 Å². The monoisotopic (exact) mass is 408 g/mol. The molecule has 0 atom stereocenters. The van der Waals surface area contributed by atoms with Gasteiger partial charge in [0.25, 0.3) is 0 Å². The summed E-state index contributed by atoms with van der Waals surface area (Å²) in [4.78, 5) is 13.2. The van der Waals surface area contributed by atoms with Crippen LogP contribution in [-0.2, 0) is 4.79 Å². The summed E-state index contributed by atoms with van der Waals surface area (Å²) < 4.78 is 15.8. The lowest BCUT2D eigenvalue weighted by atomic mass is 10.3. The highest BCUT2D eigenvalue weighted by molar-refractivity contribution is 7.99. The summed E-state index contributed by atoms with van der Waals surface area (Å²) in [7, 11) is 0. The van der Waals surface area contributed by atoms with Gasteiger partial charge in [-0.25, -0.2) is 4.39 Å². The number of nitrogens with zero attached hydrogens (tertiary/aromatic N) is 3. The molecule has 4 rings (SSSR count). The van der Waals surface area contributed by atoms with E-state index in [0.717, 1.165) is 23.5 Å². The van der Waals surface area contributed by atoms with Crippen LogP contribution in [0.25, 0.3) is 10.7 Å². The molecule has 134 valence electrons. The van der Waals surface area contributed by atoms with Gasteiger partial charge in [-0.1, -0.05) is 29.4 Å². The first-order chi connectivity index (χ1) is 12.6. The van der Waals surface area contributed by atoms with E-state index in [1.165, 1.54) is 30.0 Å². The van der Waals surface area contributed by atoms with Crippen molar-refractivity contribution < 1.29 is 9.18 Å². The second-order valence-corrected chi connectivity index (χ2v) is 8.17. The van der Waals surface area contributed by atoms with Crippen molar-refractivity contribution in [3.8, 4) is 10.7 Å². The van der Waals surface area contributed by atoms with E-state index in [9.17, 15) is 9.18 Å². The number of hydrogen-bond donors (Lipinski definition) is 1. The Kier molecular flexibility index (Phi) is 4.97. The molecule has 0 aliphatic heterocycles. The number of benzene rings is 1. The molecule has 3 aromatic rings. The largest absolute Gasteiger partial charge is 0.323 e. The van der Waals surface area contributed by atoms with Crippen LogP contribution in [0.15, 0.2) is 40.9 Å². The second-order valence-electron chi connectivity index (χ2n) is 5.85. The molecular weight excluding hydrogens is 395 g/mol. The number of hydrogen-bond acceptors (Lipinski definition) is 5. The Bertz CT molecular complexity index is 940. The van der Waals surface area contributed by atoms with Crippen molar-refractivity contribution in [2.45, 2.75) is 24.0 Å². The molecule has 5 nitrogen and oxygen atoms in total. The summed E-state index contributed by atoms with van der Waals surface area (Å²) in [5, 5.41) is 14.2. The number of amides is 1. The zero-order valence-corrected chi connectivity index (χ0v) is 15.9. The van der Waals surface area contributed by atoms with Crippen molar-refractivity contribution >= 4 is 46.3 Å². The van der Waals surface area contributed by atoms with Crippen molar-refractivity contribution in [1.82, 2.24) is 14.8 Å². The van der Waals surface area contributed by atoms with Crippen molar-refractivity contribution in [1.29, 1.82) is 0 Å². The number of thiophene rings is 1. The fourth-order valence-electron chi connectivity index (χ4n) is 2.52. The minimum atomic E-state index is -0.520. The van der Waals surface area contributed by atoms with Crippen molar-refractivity contribution in [2.24, 2.45) is 0 Å². The molecule has 0 radical (unpaired) electrons. The van der Waals surface area contributed by atoms with Crippen LogP contribution in [0.3, 0.4) is 0 Å². The van der Waals surface area contributed by atoms with Gasteiger partial charge in [0.1, 0.15) is 5.82 Å². The van der Waals surface area contributed by atoms with Crippen LogP contribution in [0.4, 0.5) is 10.1 Å². The number of carbonyl (C=O) groups is 1. The van der Waals surface area contributed by atoms with Crippen LogP contribution in [0.1, 0.15) is 18.9 Å². The van der Waals surface area contributed by atoms with Crippen LogP contribution in [0, 0.1) is 5.82 Å². The van der Waals surface area contributed by atoms with Crippen LogP contribution >= 0.6 is 34.7 Å². The highest BCUT2D eigenvalue weighted by atomic mass is 35.5. The normalized spacial score (nSPS) is 13.8. The molecule has 1 amide bonds. The number of rotatable bonds is 6. The van der Waals surface area contributed by atoms with Gasteiger partial charge >= 0.3 is 0 Å². The summed E-state index contributed by atoms with van der Waals surface area (Å²) in [6, 6.07) is 8.43. The lowest BCUT2D eigenvalue weighted by Gasteiger charge is -2.09. The molecule has 26 heavy (non-hydrogen) atoms. The Hall–Kier alpha value is -1.90. The fraction of sp³-hybridized carbons (Fsp3) is 0.235. The third-order valence-electron chi connectivity index (χ3n) is 3.85. The Morgan fingerprint density at radius 3 is 2.96 bits per heavy atom. The van der Waals surface area contributed by atoms with Crippen molar-refractivity contribution in [2.75, 3.05) is 11.1 Å². The smallest absolute Gasteiger partial charge is 0.234 e. The summed E-state index contributed by atoms with van der Waals surface area (Å²) in [6.07, 6.45) is 2.17. The molecule has 0 bridgehead atoms. The van der Waals surface area contributed by atoms with E-state index in [0.29, 0.717) is 16.2 Å². The van der Waals surface area contributed by atoms with Crippen LogP contribution in [0.2, 0.25) is 5.02 Å². The number of nitrogens with one attached hydrogen (secondary N) is 1. The third-order valence-corrected chi connectivity index (χ3v) is 5.90. The molecule has 0 saturated heterocycles. The van der Waals surface area contributed by atoms with E-state index in [2.05, 4.69) is 20.1 Å². The standard InChI is InChI=1S/C17H14ClFN4OS2/c18-10-3-6-12(19)13(8-10)20-15(24)9-26-17-22-21-16(14-2-1-7-25-14)23(17)11-4-5-11/h1-3,6-8,11H,4-5,9H2,(H,20,24). The minimum absolute atomic E-state index is 0.0750. The average Bonchev–Trinajstić information content (AvgIpc) is 3.15. The van der Waals surface area contributed by atoms with E-state index >= 15 is 0 Å². The molecule has 1 aromatic carbocycles. The Balaban J connectivity index is 1.46. The molecule has 1 saturated carbocycles. The predicted octanol–water partition coefficient (Wildman–Crippen LogP) is 4.86. The number of thioether (sulfide) groups is 1. The van der Waals surface area contributed by atoms with Crippen LogP contribution in [-0.4, -0.2) is 26.4 Å². The summed E-state index contributed by atoms with van der Waals surface area (Å²) in [6.45, 7) is 0. The average molecular weight is 409 g/mol. The lowest BCUT2D eigenvalue weighted by molar-refractivity contribution is -0.113. The van der Waals surface area contributed by atoms with E-state index in [1.807, 2.05) is 17.5 Å². The Morgan fingerprint density at radius 1 is 1.38 bits per heavy atom. The summed E-state index contributed by atoms with van der Waals surface area (Å²) in [5.41, 5.74) is 0.0750. The first kappa shape index (κ1) is 17.5. The molecule has 1 N–H and O–H groups in total. The lowest BCUT2D eigenvalue weighted by Crippen LogP contribution is -2.15. The van der Waals surface area contributed by atoms with Gasteiger partial charge in [0.2, 0.25) is 5.91 Å². The molecule has 0 spiro atoms. The maximum absolute atomic E-state index is 13.7. The Morgan fingerprint density at radius 2 is 2.23 bits per heavy atom. The molecule has 1 aliphatic rings. The van der Waals surface area contributed by atoms with Crippen LogP contribution in [0.5, 0.6) is 0 Å². The van der Waals surface area contributed by atoms with E-state index in [-0.39, 0.29) is 17.3 Å². The zero-order valence-electron chi connectivity index (χ0n) is 13.5. The molecule has 1 fully saturated rings. The number of anilines is 1. The number of halogens is 2. The second kappa shape index (κ2) is 7.38. The van der Waals surface area contributed by atoms with E-state index < -0.39 is 5.82 Å². The number of aromatic nitrogens is 3. The SMILES string of the molecule is O=C(CSc1nnc(-c2cccs2)n1C1CC1)Nc1cc(Cl)ccc1F. The molecule has 2 heterocycles. The summed E-state index contributed by atoms with van der Waals surface area (Å²) >= 11 is 8.75. The molecule has 0 unspecified atom stereocenters. The molecule has 9 heteroatoms. The van der Waals surface area contributed by atoms with Gasteiger partial charge in [-0.3, -0.25) is 9.36 Å². The van der Waals surface area contributed by atoms with E-state index in [4.69, 9.17) is 11.6 Å². The first-order valence-electron chi connectivity index (χ1n) is 7.98. The van der Waals surface area contributed by atoms with Gasteiger partial charge in [-0.15, -0.1) is 21.5 Å². The maximum atomic E-state index is 13.7. The van der Waals surface area contributed by atoms with Gasteiger partial charge < -0.3 is 5.32 Å². The highest BCUT2D eigenvalue weighted by Gasteiger charge is 2.30. The van der Waals surface area contributed by atoms with Gasteiger partial charge in [-0.2, -0.15) is 0 Å². The third kappa shape index (κ3) is 3.77. The topological polar surface area (TPSA) is 59.8 Å². The quantitative estimate of drug-likeness (QED) is 0.591. The predicted molar refractivity (Wildman–Crippen MR) is 102 cm³/mol. The van der Waals surface area contributed by atoms with Gasteiger partial charge in [0.05, 0.1) is 16.3 Å². The van der Waals surface area contributed by atoms with E-state index in [1.54, 1.807) is 11.3 Å². The van der Waals surface area contributed by atoms with Gasteiger partial charge in [0, 0.05) is 11.1 Å². The van der Waals surface area contributed by atoms with Gasteiger partial charge in [-0.05, 0) is 42.5 Å². The molecular formula is C17H14ClFN4OS2. The maximum Gasteiger partial charge on any atom is 0.234 e.